The summed E-state index contributed by atoms with van der Waals surface area (Å²) >= 11 is 0. The summed E-state index contributed by atoms with van der Waals surface area (Å²) in [6, 6.07) is 0.701. The molecule has 2 saturated carbocycles. The highest BCUT2D eigenvalue weighted by atomic mass is 19.1. The van der Waals surface area contributed by atoms with Crippen LogP contribution in [0.25, 0.3) is 10.9 Å². The van der Waals surface area contributed by atoms with Crippen LogP contribution in [0, 0.1) is 11.6 Å². The third-order valence-corrected chi connectivity index (χ3v) is 5.99. The molecule has 3 N–H and O–H groups in total. The minimum atomic E-state index is -1.58. The lowest BCUT2D eigenvalue weighted by Crippen LogP contribution is -2.73. The van der Waals surface area contributed by atoms with Gasteiger partial charge in [0.1, 0.15) is 22.7 Å². The largest absolute Gasteiger partial charge is 0.477 e. The first-order valence-electron chi connectivity index (χ1n) is 9.14. The fourth-order valence-corrected chi connectivity index (χ4v) is 4.88. The Morgan fingerprint density at radius 1 is 1.25 bits per heavy atom. The van der Waals surface area contributed by atoms with Crippen LogP contribution in [-0.2, 0) is 0 Å². The minimum Gasteiger partial charge on any atom is -0.477 e. The van der Waals surface area contributed by atoms with E-state index in [1.54, 1.807) is 0 Å². The molecule has 148 valence electrons. The zero-order chi connectivity index (χ0) is 20.0. The van der Waals surface area contributed by atoms with Crippen molar-refractivity contribution in [1.82, 2.24) is 4.57 Å². The number of nitrogens with zero attached hydrogens (tertiary/aromatic N) is 2. The maximum Gasteiger partial charge on any atom is 0.341 e. The Bertz CT molecular complexity index is 1090. The van der Waals surface area contributed by atoms with Crippen LogP contribution in [0.4, 0.5) is 18.9 Å². The Hall–Kier alpha value is -2.55. The lowest BCUT2D eigenvalue weighted by atomic mass is 9.63. The lowest BCUT2D eigenvalue weighted by molar-refractivity contribution is -0.0293. The SMILES string of the molecule is NC12CN(c3c(F)cc4c(=O)c(C(=O)O)cn(C5CC5)c4c3F)CC(F)(C1)C2. The summed E-state index contributed by atoms with van der Waals surface area (Å²) in [7, 11) is 0. The molecule has 4 fully saturated rings. The molecule has 6 rings (SSSR count). The van der Waals surface area contributed by atoms with Crippen LogP contribution < -0.4 is 16.1 Å². The van der Waals surface area contributed by atoms with Gasteiger partial charge in [0.15, 0.2) is 5.82 Å². The number of hydrogen-bond acceptors (Lipinski definition) is 4. The van der Waals surface area contributed by atoms with Gasteiger partial charge in [-0.1, -0.05) is 0 Å². The number of alkyl halides is 1. The van der Waals surface area contributed by atoms with E-state index in [0.717, 1.165) is 12.3 Å². The van der Waals surface area contributed by atoms with Crippen LogP contribution >= 0.6 is 0 Å². The molecule has 0 amide bonds. The van der Waals surface area contributed by atoms with E-state index in [0.29, 0.717) is 12.8 Å². The van der Waals surface area contributed by atoms with Crippen LogP contribution in [0.5, 0.6) is 0 Å². The molecule has 6 nitrogen and oxygen atoms in total. The first kappa shape index (κ1) is 17.5. The van der Waals surface area contributed by atoms with Crippen LogP contribution in [0.15, 0.2) is 17.1 Å². The molecule has 2 aliphatic heterocycles. The van der Waals surface area contributed by atoms with E-state index in [1.165, 1.54) is 9.47 Å². The number of piperidine rings is 2. The number of aromatic carboxylic acids is 1. The van der Waals surface area contributed by atoms with Gasteiger partial charge >= 0.3 is 5.97 Å². The third kappa shape index (κ3) is 2.38. The number of carboxylic acids is 1. The van der Waals surface area contributed by atoms with Gasteiger partial charge in [0.05, 0.1) is 17.4 Å². The zero-order valence-corrected chi connectivity index (χ0v) is 14.8. The zero-order valence-electron chi connectivity index (χ0n) is 14.8. The first-order valence-corrected chi connectivity index (χ1v) is 9.14. The molecule has 2 aliphatic carbocycles. The van der Waals surface area contributed by atoms with Gasteiger partial charge in [0.2, 0.25) is 5.43 Å². The number of anilines is 1. The second-order valence-electron chi connectivity index (χ2n) is 8.46. The predicted molar refractivity (Wildman–Crippen MR) is 95.6 cm³/mol. The van der Waals surface area contributed by atoms with Gasteiger partial charge in [-0.3, -0.25) is 4.79 Å². The molecular weight excluding hydrogens is 375 g/mol. The number of hydrogen-bond donors (Lipinski definition) is 2. The number of pyridine rings is 1. The van der Waals surface area contributed by atoms with E-state index in [9.17, 15) is 23.5 Å². The van der Waals surface area contributed by atoms with Crippen molar-refractivity contribution in [2.75, 3.05) is 18.0 Å². The monoisotopic (exact) mass is 393 g/mol. The average molecular weight is 393 g/mol. The Balaban J connectivity index is 1.75. The molecule has 9 heteroatoms. The molecule has 1 aromatic heterocycles. The van der Waals surface area contributed by atoms with Crippen molar-refractivity contribution in [3.8, 4) is 0 Å². The number of rotatable bonds is 3. The summed E-state index contributed by atoms with van der Waals surface area (Å²) < 4.78 is 46.4. The van der Waals surface area contributed by atoms with Crippen LogP contribution in [0.2, 0.25) is 0 Å². The average Bonchev–Trinajstić information content (AvgIpc) is 3.38. The fraction of sp³-hybridized carbons (Fsp3) is 0.474. The highest BCUT2D eigenvalue weighted by molar-refractivity contribution is 5.94. The van der Waals surface area contributed by atoms with Crippen molar-refractivity contribution < 1.29 is 23.1 Å². The Morgan fingerprint density at radius 2 is 1.93 bits per heavy atom. The topological polar surface area (TPSA) is 88.6 Å². The van der Waals surface area contributed by atoms with Crippen LogP contribution in [0.3, 0.4) is 0 Å². The molecule has 28 heavy (non-hydrogen) atoms. The third-order valence-electron chi connectivity index (χ3n) is 5.99. The van der Waals surface area contributed by atoms with E-state index in [1.807, 2.05) is 0 Å². The summed E-state index contributed by atoms with van der Waals surface area (Å²) in [6.45, 7) is -0.0644. The number of nitrogens with two attached hydrogens (primary N) is 1. The molecule has 2 saturated heterocycles. The maximum absolute atomic E-state index is 15.5. The van der Waals surface area contributed by atoms with E-state index >= 15 is 4.39 Å². The summed E-state index contributed by atoms with van der Waals surface area (Å²) in [5, 5.41) is 8.95. The number of halogens is 3. The molecule has 1 aromatic carbocycles. The van der Waals surface area contributed by atoms with Gasteiger partial charge in [-0.2, -0.15) is 0 Å². The van der Waals surface area contributed by atoms with Crippen molar-refractivity contribution in [3.05, 3.63) is 39.7 Å². The Labute approximate surface area is 157 Å². The van der Waals surface area contributed by atoms with Gasteiger partial charge in [0, 0.05) is 37.2 Å². The van der Waals surface area contributed by atoms with Gasteiger partial charge in [0.25, 0.3) is 0 Å². The van der Waals surface area contributed by atoms with Crippen molar-refractivity contribution in [1.29, 1.82) is 0 Å². The Morgan fingerprint density at radius 3 is 2.50 bits per heavy atom. The predicted octanol–water partition coefficient (Wildman–Crippen LogP) is 2.33. The molecule has 3 heterocycles. The number of carboxylic acid groups (broad SMARTS) is 1. The van der Waals surface area contributed by atoms with Crippen molar-refractivity contribution >= 4 is 22.6 Å². The molecule has 2 bridgehead atoms. The second kappa shape index (κ2) is 5.28. The highest BCUT2D eigenvalue weighted by Crippen LogP contribution is 2.50. The number of carbonyl (C=O) groups is 1. The van der Waals surface area contributed by atoms with E-state index in [4.69, 9.17) is 5.73 Å². The van der Waals surface area contributed by atoms with Crippen molar-refractivity contribution in [2.24, 2.45) is 5.73 Å². The quantitative estimate of drug-likeness (QED) is 0.836. The summed E-state index contributed by atoms with van der Waals surface area (Å²) in [5.74, 6) is -3.46. The summed E-state index contributed by atoms with van der Waals surface area (Å²) in [4.78, 5) is 25.2. The number of aromatic nitrogens is 1. The first-order chi connectivity index (χ1) is 13.1. The molecule has 4 aliphatic rings. The minimum absolute atomic E-state index is 0.110. The molecule has 0 atom stereocenters. The van der Waals surface area contributed by atoms with Gasteiger partial charge in [-0.05, 0) is 18.9 Å². The summed E-state index contributed by atoms with van der Waals surface area (Å²) in [5.41, 5.74) is 1.64. The van der Waals surface area contributed by atoms with E-state index in [-0.39, 0.29) is 42.9 Å². The van der Waals surface area contributed by atoms with Gasteiger partial charge in [-0.15, -0.1) is 0 Å². The highest BCUT2D eigenvalue weighted by Gasteiger charge is 2.59. The number of fused-ring (bicyclic) bond motifs is 3. The molecule has 2 aromatic rings. The normalized spacial score (nSPS) is 29.1. The van der Waals surface area contributed by atoms with Crippen molar-refractivity contribution in [2.45, 2.75) is 42.9 Å². The molecule has 0 unspecified atom stereocenters. The lowest BCUT2D eigenvalue weighted by Gasteiger charge is -2.58. The molecular formula is C19H18F3N3O3. The van der Waals surface area contributed by atoms with Crippen molar-refractivity contribution in [3.63, 3.8) is 0 Å². The number of benzene rings is 1. The Kier molecular flexibility index (Phi) is 3.31. The van der Waals surface area contributed by atoms with E-state index < -0.39 is 45.5 Å². The molecule has 0 spiro atoms. The summed E-state index contributed by atoms with van der Waals surface area (Å²) in [6.07, 6.45) is 2.83. The molecule has 0 radical (unpaired) electrons. The maximum atomic E-state index is 15.5. The standard InChI is InChI=1S/C19H18F3N3O3/c20-12-3-10-14(25(9-1-2-9)4-11(16(10)26)17(27)28)13(21)15(12)24-7-18(22)5-19(23,6-18)8-24/h3-4,9H,1-2,5-8,23H2,(H,27,28). The van der Waals surface area contributed by atoms with Crippen LogP contribution in [0.1, 0.15) is 42.1 Å². The fourth-order valence-electron chi connectivity index (χ4n) is 4.88. The second-order valence-corrected chi connectivity index (χ2v) is 8.46. The van der Waals surface area contributed by atoms with Gasteiger partial charge in [-0.25, -0.2) is 18.0 Å². The van der Waals surface area contributed by atoms with Crippen LogP contribution in [-0.4, -0.2) is 39.9 Å². The van der Waals surface area contributed by atoms with Gasteiger partial charge < -0.3 is 20.3 Å². The van der Waals surface area contributed by atoms with E-state index in [2.05, 4.69) is 0 Å². The smallest absolute Gasteiger partial charge is 0.341 e.